The van der Waals surface area contributed by atoms with Crippen molar-refractivity contribution in [3.8, 4) is 0 Å². The average molecular weight is 331 g/mol. The van der Waals surface area contributed by atoms with Gasteiger partial charge in [-0.25, -0.2) is 4.79 Å². The van der Waals surface area contributed by atoms with Gasteiger partial charge in [-0.3, -0.25) is 0 Å². The van der Waals surface area contributed by atoms with Crippen LogP contribution >= 0.6 is 0 Å². The zero-order chi connectivity index (χ0) is 17.2. The minimum absolute atomic E-state index is 0.0646. The molecule has 2 rings (SSSR count). The number of nitrogens with zero attached hydrogens (tertiary/aromatic N) is 1. The third-order valence-electron chi connectivity index (χ3n) is 3.85. The zero-order valence-electron chi connectivity index (χ0n) is 12.9. The second-order valence-electron chi connectivity index (χ2n) is 5.83. The van der Waals surface area contributed by atoms with E-state index in [9.17, 15) is 23.1 Å². The van der Waals surface area contributed by atoms with Crippen LogP contribution < -0.4 is 15.5 Å². The molecule has 0 unspecified atom stereocenters. The molecule has 1 saturated carbocycles. The maximum atomic E-state index is 12.8. The van der Waals surface area contributed by atoms with Crippen molar-refractivity contribution in [1.29, 1.82) is 0 Å². The van der Waals surface area contributed by atoms with Crippen LogP contribution in [0.3, 0.4) is 0 Å². The van der Waals surface area contributed by atoms with Crippen LogP contribution in [0, 0.1) is 0 Å². The predicted molar refractivity (Wildman–Crippen MR) is 81.6 cm³/mol. The fraction of sp³-hybridized carbons (Fsp3) is 0.533. The first-order valence-corrected chi connectivity index (χ1v) is 7.32. The van der Waals surface area contributed by atoms with Crippen molar-refractivity contribution in [2.24, 2.45) is 0 Å². The molecule has 8 heteroatoms. The van der Waals surface area contributed by atoms with Gasteiger partial charge in [0.2, 0.25) is 0 Å². The van der Waals surface area contributed by atoms with Crippen molar-refractivity contribution >= 4 is 17.4 Å². The molecule has 1 fully saturated rings. The van der Waals surface area contributed by atoms with Gasteiger partial charge in [0.05, 0.1) is 29.1 Å². The summed E-state index contributed by atoms with van der Waals surface area (Å²) in [6, 6.07) is 2.18. The van der Waals surface area contributed by atoms with Gasteiger partial charge in [-0.2, -0.15) is 13.2 Å². The van der Waals surface area contributed by atoms with Crippen LogP contribution in [0.25, 0.3) is 0 Å². The van der Waals surface area contributed by atoms with Crippen molar-refractivity contribution in [3.63, 3.8) is 0 Å². The molecular formula is C15H20F3N3O2. The highest BCUT2D eigenvalue weighted by atomic mass is 19.4. The lowest BCUT2D eigenvalue weighted by atomic mass is 10.1. The number of aliphatic hydroxyl groups excluding tert-OH is 1. The topological polar surface area (TPSA) is 64.6 Å². The lowest BCUT2D eigenvalue weighted by molar-refractivity contribution is -0.137. The van der Waals surface area contributed by atoms with E-state index in [-0.39, 0.29) is 11.7 Å². The summed E-state index contributed by atoms with van der Waals surface area (Å²) in [6.45, 7) is 0. The van der Waals surface area contributed by atoms with E-state index in [2.05, 4.69) is 10.6 Å². The molecule has 0 aliphatic heterocycles. The van der Waals surface area contributed by atoms with Crippen molar-refractivity contribution < 1.29 is 23.1 Å². The van der Waals surface area contributed by atoms with Crippen LogP contribution in [0.1, 0.15) is 24.8 Å². The molecule has 2 amide bonds. The van der Waals surface area contributed by atoms with E-state index in [1.807, 2.05) is 0 Å². The van der Waals surface area contributed by atoms with Crippen molar-refractivity contribution in [2.45, 2.75) is 37.6 Å². The van der Waals surface area contributed by atoms with E-state index in [0.29, 0.717) is 18.5 Å². The quantitative estimate of drug-likeness (QED) is 0.798. The molecular weight excluding hydrogens is 311 g/mol. The van der Waals surface area contributed by atoms with E-state index in [0.717, 1.165) is 18.6 Å². The molecule has 1 aromatic carbocycles. The van der Waals surface area contributed by atoms with Gasteiger partial charge in [0.1, 0.15) is 0 Å². The minimum atomic E-state index is -4.49. The standard InChI is InChI=1S/C15H20F3N3O2/c1-21(2)12-7-6-9(15(16,17)18)8-11(12)20-14(23)19-10-4-3-5-13(10)22/h6-8,10,13,22H,3-5H2,1-2H3,(H2,19,20,23)/t10-,13-/m0/s1. The number of urea groups is 1. The largest absolute Gasteiger partial charge is 0.416 e. The van der Waals surface area contributed by atoms with E-state index < -0.39 is 23.9 Å². The number of hydrogen-bond donors (Lipinski definition) is 3. The molecule has 23 heavy (non-hydrogen) atoms. The van der Waals surface area contributed by atoms with Crippen LogP contribution in [-0.2, 0) is 6.18 Å². The fourth-order valence-corrected chi connectivity index (χ4v) is 2.64. The summed E-state index contributed by atoms with van der Waals surface area (Å²) < 4.78 is 38.5. The highest BCUT2D eigenvalue weighted by molar-refractivity contribution is 5.93. The number of hydrogen-bond acceptors (Lipinski definition) is 3. The smallest absolute Gasteiger partial charge is 0.391 e. The number of anilines is 2. The van der Waals surface area contributed by atoms with E-state index in [1.165, 1.54) is 6.07 Å². The molecule has 2 atom stereocenters. The number of benzene rings is 1. The summed E-state index contributed by atoms with van der Waals surface area (Å²) in [5, 5.41) is 14.7. The summed E-state index contributed by atoms with van der Waals surface area (Å²) in [7, 11) is 3.35. The normalized spacial score (nSPS) is 21.1. The number of rotatable bonds is 3. The third-order valence-corrected chi connectivity index (χ3v) is 3.85. The Bertz CT molecular complexity index is 576. The number of carbonyl (C=O) groups is 1. The summed E-state index contributed by atoms with van der Waals surface area (Å²) in [4.78, 5) is 13.6. The van der Waals surface area contributed by atoms with Gasteiger partial charge in [-0.1, -0.05) is 0 Å². The molecule has 0 heterocycles. The van der Waals surface area contributed by atoms with Gasteiger partial charge in [0, 0.05) is 14.1 Å². The molecule has 0 radical (unpaired) electrons. The number of alkyl halides is 3. The lowest BCUT2D eigenvalue weighted by Gasteiger charge is -2.21. The molecule has 1 aliphatic carbocycles. The second kappa shape index (κ2) is 6.66. The Morgan fingerprint density at radius 1 is 1.30 bits per heavy atom. The second-order valence-corrected chi connectivity index (χ2v) is 5.83. The fourth-order valence-electron chi connectivity index (χ4n) is 2.64. The molecule has 0 aromatic heterocycles. The van der Waals surface area contributed by atoms with Gasteiger partial charge in [0.25, 0.3) is 0 Å². The van der Waals surface area contributed by atoms with Crippen molar-refractivity contribution in [2.75, 3.05) is 24.3 Å². The van der Waals surface area contributed by atoms with Crippen molar-refractivity contribution in [3.05, 3.63) is 23.8 Å². The molecule has 0 spiro atoms. The van der Waals surface area contributed by atoms with Gasteiger partial charge >= 0.3 is 12.2 Å². The molecule has 0 saturated heterocycles. The maximum absolute atomic E-state index is 12.8. The number of carbonyl (C=O) groups excluding carboxylic acids is 1. The molecule has 0 bridgehead atoms. The zero-order valence-corrected chi connectivity index (χ0v) is 12.9. The molecule has 3 N–H and O–H groups in total. The molecule has 1 aliphatic rings. The first-order valence-electron chi connectivity index (χ1n) is 7.32. The third kappa shape index (κ3) is 4.28. The van der Waals surface area contributed by atoms with Gasteiger partial charge in [0.15, 0.2) is 0 Å². The Balaban J connectivity index is 2.17. The van der Waals surface area contributed by atoms with Crippen LogP contribution in [0.2, 0.25) is 0 Å². The van der Waals surface area contributed by atoms with Gasteiger partial charge in [-0.15, -0.1) is 0 Å². The Hall–Kier alpha value is -1.96. The average Bonchev–Trinajstić information content (AvgIpc) is 2.82. The predicted octanol–water partition coefficient (Wildman–Crippen LogP) is 2.81. The molecule has 5 nitrogen and oxygen atoms in total. The summed E-state index contributed by atoms with van der Waals surface area (Å²) in [5.41, 5.74) is -0.311. The van der Waals surface area contributed by atoms with Crippen LogP contribution in [-0.4, -0.2) is 37.4 Å². The van der Waals surface area contributed by atoms with Gasteiger partial charge < -0.3 is 20.6 Å². The number of nitrogens with one attached hydrogen (secondary N) is 2. The summed E-state index contributed by atoms with van der Waals surface area (Å²) >= 11 is 0. The van der Waals surface area contributed by atoms with E-state index in [4.69, 9.17) is 0 Å². The molecule has 128 valence electrons. The van der Waals surface area contributed by atoms with Crippen molar-refractivity contribution in [1.82, 2.24) is 5.32 Å². The summed E-state index contributed by atoms with van der Waals surface area (Å²) in [6.07, 6.45) is -3.04. The highest BCUT2D eigenvalue weighted by Crippen LogP contribution is 2.35. The number of aliphatic hydroxyl groups is 1. The minimum Gasteiger partial charge on any atom is -0.391 e. The Labute approximate surface area is 132 Å². The number of amides is 2. The van der Waals surface area contributed by atoms with Crippen LogP contribution in [0.5, 0.6) is 0 Å². The monoisotopic (exact) mass is 331 g/mol. The first kappa shape index (κ1) is 17.4. The Kier molecular flexibility index (Phi) is 5.03. The van der Waals surface area contributed by atoms with Gasteiger partial charge in [-0.05, 0) is 37.5 Å². The maximum Gasteiger partial charge on any atom is 0.416 e. The van der Waals surface area contributed by atoms with E-state index in [1.54, 1.807) is 19.0 Å². The SMILES string of the molecule is CN(C)c1ccc(C(F)(F)F)cc1NC(=O)N[C@H]1CCC[C@@H]1O. The van der Waals surface area contributed by atoms with Crippen LogP contribution in [0.4, 0.5) is 29.3 Å². The van der Waals surface area contributed by atoms with E-state index >= 15 is 0 Å². The lowest BCUT2D eigenvalue weighted by Crippen LogP contribution is -2.42. The summed E-state index contributed by atoms with van der Waals surface area (Å²) in [5.74, 6) is 0. The van der Waals surface area contributed by atoms with Crippen LogP contribution in [0.15, 0.2) is 18.2 Å². The Morgan fingerprint density at radius 2 is 2.00 bits per heavy atom. The first-order chi connectivity index (χ1) is 10.7. The molecule has 1 aromatic rings. The highest BCUT2D eigenvalue weighted by Gasteiger charge is 2.32. The Morgan fingerprint density at radius 3 is 2.52 bits per heavy atom. The number of halogens is 3.